The highest BCUT2D eigenvalue weighted by molar-refractivity contribution is 5.84. The van der Waals surface area contributed by atoms with E-state index in [9.17, 15) is 4.79 Å². The summed E-state index contributed by atoms with van der Waals surface area (Å²) in [6.45, 7) is 0.389. The largest absolute Gasteiger partial charge is 0.337 e. The maximum absolute atomic E-state index is 11.0. The summed E-state index contributed by atoms with van der Waals surface area (Å²) in [5, 5.41) is 2.62. The number of nitrogens with one attached hydrogen (secondary N) is 1. The molecule has 0 atom stereocenters. The Morgan fingerprint density at radius 2 is 2.00 bits per heavy atom. The summed E-state index contributed by atoms with van der Waals surface area (Å²) < 4.78 is 0. The Kier molecular flexibility index (Phi) is 2.00. The summed E-state index contributed by atoms with van der Waals surface area (Å²) >= 11 is 0. The Labute approximate surface area is 76.7 Å². The number of para-hydroxylation sites is 1. The Morgan fingerprint density at radius 1 is 1.23 bits per heavy atom. The fourth-order valence-corrected chi connectivity index (χ4v) is 1.27. The van der Waals surface area contributed by atoms with E-state index in [0.29, 0.717) is 6.54 Å². The van der Waals surface area contributed by atoms with Crippen molar-refractivity contribution in [2.24, 2.45) is 0 Å². The number of benzene rings is 1. The topological polar surface area (TPSA) is 32.3 Å². The van der Waals surface area contributed by atoms with Crippen LogP contribution in [-0.2, 0) is 4.79 Å². The van der Waals surface area contributed by atoms with Gasteiger partial charge in [0.15, 0.2) is 0 Å². The lowest BCUT2D eigenvalue weighted by Gasteiger charge is -2.22. The first-order valence-electron chi connectivity index (χ1n) is 4.14. The summed E-state index contributed by atoms with van der Waals surface area (Å²) in [5.74, 6) is 0.0198. The Hall–Kier alpha value is -1.77. The molecule has 13 heavy (non-hydrogen) atoms. The highest BCUT2D eigenvalue weighted by atomic mass is 16.2. The van der Waals surface area contributed by atoms with Gasteiger partial charge in [0, 0.05) is 18.1 Å². The lowest BCUT2D eigenvalue weighted by Crippen LogP contribution is -2.36. The van der Waals surface area contributed by atoms with Crippen molar-refractivity contribution >= 4 is 11.6 Å². The van der Waals surface area contributed by atoms with Crippen molar-refractivity contribution < 1.29 is 4.79 Å². The van der Waals surface area contributed by atoms with Gasteiger partial charge in [0.05, 0.1) is 0 Å². The van der Waals surface area contributed by atoms with E-state index in [-0.39, 0.29) is 5.91 Å². The third kappa shape index (κ3) is 1.69. The van der Waals surface area contributed by atoms with E-state index in [4.69, 9.17) is 0 Å². The van der Waals surface area contributed by atoms with Gasteiger partial charge in [-0.1, -0.05) is 18.2 Å². The van der Waals surface area contributed by atoms with Crippen molar-refractivity contribution in [3.63, 3.8) is 0 Å². The lowest BCUT2D eigenvalue weighted by atomic mass is 10.3. The zero-order valence-electron chi connectivity index (χ0n) is 7.10. The van der Waals surface area contributed by atoms with Crippen molar-refractivity contribution in [2.75, 3.05) is 11.4 Å². The zero-order chi connectivity index (χ0) is 9.10. The maximum atomic E-state index is 11.0. The molecule has 0 fully saturated rings. The molecule has 1 aromatic carbocycles. The average Bonchev–Trinajstić information content (AvgIpc) is 2.19. The highest BCUT2D eigenvalue weighted by Crippen LogP contribution is 2.13. The van der Waals surface area contributed by atoms with Gasteiger partial charge in [0.2, 0.25) is 5.91 Å². The second-order valence-electron chi connectivity index (χ2n) is 2.85. The van der Waals surface area contributed by atoms with Crippen LogP contribution in [0, 0.1) is 0 Å². The third-order valence-electron chi connectivity index (χ3n) is 1.90. The van der Waals surface area contributed by atoms with E-state index in [1.807, 2.05) is 41.4 Å². The molecule has 1 aliphatic rings. The van der Waals surface area contributed by atoms with Crippen LogP contribution in [0.2, 0.25) is 0 Å². The molecule has 0 aliphatic carbocycles. The molecule has 3 heteroatoms. The van der Waals surface area contributed by atoms with Crippen molar-refractivity contribution in [3.05, 3.63) is 42.7 Å². The van der Waals surface area contributed by atoms with Crippen molar-refractivity contribution in [3.8, 4) is 0 Å². The fourth-order valence-electron chi connectivity index (χ4n) is 1.27. The molecule has 1 N–H and O–H groups in total. The summed E-state index contributed by atoms with van der Waals surface area (Å²) in [5.41, 5.74) is 1.04. The Balaban J connectivity index is 2.22. The number of hydrogen-bond acceptors (Lipinski definition) is 2. The van der Waals surface area contributed by atoms with Gasteiger partial charge in [-0.05, 0) is 12.1 Å². The van der Waals surface area contributed by atoms with E-state index >= 15 is 0 Å². The summed E-state index contributed by atoms with van der Waals surface area (Å²) in [6, 6.07) is 9.81. The first-order chi connectivity index (χ1) is 6.36. The molecule has 1 heterocycles. The van der Waals surface area contributed by atoms with Gasteiger partial charge < -0.3 is 10.2 Å². The van der Waals surface area contributed by atoms with Gasteiger partial charge in [0.1, 0.15) is 6.54 Å². The molecule has 0 saturated carbocycles. The van der Waals surface area contributed by atoms with Crippen molar-refractivity contribution in [1.29, 1.82) is 0 Å². The minimum Gasteiger partial charge on any atom is -0.337 e. The van der Waals surface area contributed by atoms with Crippen LogP contribution in [0.3, 0.4) is 0 Å². The summed E-state index contributed by atoms with van der Waals surface area (Å²) in [6.07, 6.45) is 3.51. The molecular weight excluding hydrogens is 164 g/mol. The van der Waals surface area contributed by atoms with Crippen LogP contribution in [0.15, 0.2) is 42.7 Å². The highest BCUT2D eigenvalue weighted by Gasteiger charge is 2.10. The van der Waals surface area contributed by atoms with Gasteiger partial charge >= 0.3 is 0 Å². The predicted octanol–water partition coefficient (Wildman–Crippen LogP) is 1.09. The van der Waals surface area contributed by atoms with Gasteiger partial charge in [-0.3, -0.25) is 4.79 Å². The summed E-state index contributed by atoms with van der Waals surface area (Å²) in [7, 11) is 0. The molecule has 66 valence electrons. The first kappa shape index (κ1) is 7.86. The molecule has 0 bridgehead atoms. The molecule has 2 rings (SSSR count). The normalized spacial score (nSPS) is 15.7. The smallest absolute Gasteiger partial charge is 0.243 e. The predicted molar refractivity (Wildman–Crippen MR) is 51.1 cm³/mol. The number of carbonyl (C=O) groups is 1. The molecule has 1 aliphatic heterocycles. The molecule has 0 unspecified atom stereocenters. The molecule has 3 nitrogen and oxygen atoms in total. The van der Waals surface area contributed by atoms with Gasteiger partial charge in [0.25, 0.3) is 0 Å². The number of rotatable bonds is 1. The zero-order valence-corrected chi connectivity index (χ0v) is 7.10. The number of carbonyl (C=O) groups excluding carboxylic acids is 1. The van der Waals surface area contributed by atoms with Gasteiger partial charge in [-0.2, -0.15) is 0 Å². The van der Waals surface area contributed by atoms with Crippen molar-refractivity contribution in [1.82, 2.24) is 5.32 Å². The van der Waals surface area contributed by atoms with Crippen molar-refractivity contribution in [2.45, 2.75) is 0 Å². The van der Waals surface area contributed by atoms with Crippen LogP contribution in [0.1, 0.15) is 0 Å². The van der Waals surface area contributed by atoms with Crippen LogP contribution < -0.4 is 10.2 Å². The van der Waals surface area contributed by atoms with Gasteiger partial charge in [-0.15, -0.1) is 0 Å². The van der Waals surface area contributed by atoms with Crippen LogP contribution in [0.5, 0.6) is 0 Å². The standard InChI is InChI=1S/C10H10N2O/c13-10-8-12(7-6-11-10)9-4-2-1-3-5-9/h1-7H,8H2,(H,11,13). The quantitative estimate of drug-likeness (QED) is 0.691. The lowest BCUT2D eigenvalue weighted by molar-refractivity contribution is -0.119. The number of nitrogens with zero attached hydrogens (tertiary/aromatic N) is 1. The van der Waals surface area contributed by atoms with Crippen LogP contribution in [0.25, 0.3) is 0 Å². The van der Waals surface area contributed by atoms with E-state index in [0.717, 1.165) is 5.69 Å². The van der Waals surface area contributed by atoms with E-state index in [1.54, 1.807) is 6.20 Å². The first-order valence-corrected chi connectivity index (χ1v) is 4.14. The molecular formula is C10H10N2O. The van der Waals surface area contributed by atoms with Crippen LogP contribution in [-0.4, -0.2) is 12.5 Å². The molecule has 1 aromatic rings. The average molecular weight is 174 g/mol. The minimum absolute atomic E-state index is 0.0198. The van der Waals surface area contributed by atoms with E-state index in [1.165, 1.54) is 0 Å². The molecule has 0 aromatic heterocycles. The molecule has 1 amide bonds. The molecule has 0 saturated heterocycles. The molecule has 0 spiro atoms. The molecule has 0 radical (unpaired) electrons. The second-order valence-corrected chi connectivity index (χ2v) is 2.85. The van der Waals surface area contributed by atoms with Gasteiger partial charge in [-0.25, -0.2) is 0 Å². The maximum Gasteiger partial charge on any atom is 0.243 e. The fraction of sp³-hybridized carbons (Fsp3) is 0.100. The minimum atomic E-state index is 0.0198. The Bertz CT molecular complexity index is 332. The SMILES string of the molecule is O=C1CN(c2ccccc2)C=CN1. The number of hydrogen-bond donors (Lipinski definition) is 1. The van der Waals surface area contributed by atoms with E-state index < -0.39 is 0 Å². The van der Waals surface area contributed by atoms with Crippen LogP contribution in [0.4, 0.5) is 5.69 Å². The number of anilines is 1. The number of amides is 1. The van der Waals surface area contributed by atoms with Crippen LogP contribution >= 0.6 is 0 Å². The second kappa shape index (κ2) is 3.31. The van der Waals surface area contributed by atoms with E-state index in [2.05, 4.69) is 5.32 Å². The third-order valence-corrected chi connectivity index (χ3v) is 1.90. The Morgan fingerprint density at radius 3 is 2.69 bits per heavy atom. The summed E-state index contributed by atoms with van der Waals surface area (Å²) in [4.78, 5) is 12.9. The monoisotopic (exact) mass is 174 g/mol.